The number of carbonyl (C=O) groups excluding carboxylic acids is 1. The van der Waals surface area contributed by atoms with Gasteiger partial charge in [-0.1, -0.05) is 24.3 Å². The van der Waals surface area contributed by atoms with Gasteiger partial charge in [0.25, 0.3) is 0 Å². The molecule has 0 bridgehead atoms. The lowest BCUT2D eigenvalue weighted by atomic mass is 10.2. The minimum Gasteiger partial charge on any atom is -0.356 e. The number of amides is 1. The summed E-state index contributed by atoms with van der Waals surface area (Å²) in [5.41, 5.74) is 1.75. The van der Waals surface area contributed by atoms with E-state index in [0.717, 1.165) is 29.6 Å². The van der Waals surface area contributed by atoms with E-state index in [4.69, 9.17) is 0 Å². The first-order valence-corrected chi connectivity index (χ1v) is 6.91. The summed E-state index contributed by atoms with van der Waals surface area (Å²) in [6, 6.07) is 11.9. The van der Waals surface area contributed by atoms with Gasteiger partial charge in [0.2, 0.25) is 5.91 Å². The number of aromatic nitrogens is 1. The number of para-hydroxylation sites is 1. The summed E-state index contributed by atoms with van der Waals surface area (Å²) in [7, 11) is 4.06. The molecule has 106 valence electrons. The van der Waals surface area contributed by atoms with Gasteiger partial charge in [-0.3, -0.25) is 9.78 Å². The number of pyridine rings is 1. The third-order valence-electron chi connectivity index (χ3n) is 3.10. The van der Waals surface area contributed by atoms with Gasteiger partial charge in [-0.2, -0.15) is 0 Å². The van der Waals surface area contributed by atoms with E-state index >= 15 is 0 Å². The van der Waals surface area contributed by atoms with Gasteiger partial charge in [-0.15, -0.1) is 0 Å². The second-order valence-corrected chi connectivity index (χ2v) is 5.18. The molecule has 4 heteroatoms. The Hall–Kier alpha value is -1.94. The first kappa shape index (κ1) is 14.5. The van der Waals surface area contributed by atoms with Gasteiger partial charge in [0, 0.05) is 11.9 Å². The fraction of sp³-hybridized carbons (Fsp3) is 0.375. The van der Waals surface area contributed by atoms with Gasteiger partial charge < -0.3 is 10.2 Å². The summed E-state index contributed by atoms with van der Waals surface area (Å²) in [4.78, 5) is 18.4. The van der Waals surface area contributed by atoms with Crippen LogP contribution in [0.4, 0.5) is 0 Å². The molecule has 0 spiro atoms. The summed E-state index contributed by atoms with van der Waals surface area (Å²) < 4.78 is 0. The van der Waals surface area contributed by atoms with Crippen LogP contribution in [0, 0.1) is 0 Å². The second-order valence-electron chi connectivity index (χ2n) is 5.18. The highest BCUT2D eigenvalue weighted by atomic mass is 16.1. The molecule has 2 aromatic rings. The van der Waals surface area contributed by atoms with Crippen LogP contribution >= 0.6 is 0 Å². The highest BCUT2D eigenvalue weighted by molar-refractivity contribution is 5.81. The Morgan fingerprint density at radius 3 is 2.80 bits per heavy atom. The average Bonchev–Trinajstić information content (AvgIpc) is 2.43. The highest BCUT2D eigenvalue weighted by Gasteiger charge is 2.05. The Balaban J connectivity index is 1.86. The zero-order chi connectivity index (χ0) is 14.4. The molecule has 20 heavy (non-hydrogen) atoms. The van der Waals surface area contributed by atoms with Crippen LogP contribution in [0.1, 0.15) is 12.1 Å². The van der Waals surface area contributed by atoms with E-state index in [0.29, 0.717) is 13.0 Å². The van der Waals surface area contributed by atoms with Crippen LogP contribution in [0.25, 0.3) is 10.9 Å². The SMILES string of the molecule is CN(C)CCCNC(=O)Cc1ccc2ccccc2n1. The van der Waals surface area contributed by atoms with Gasteiger partial charge in [0.1, 0.15) is 0 Å². The lowest BCUT2D eigenvalue weighted by Crippen LogP contribution is -2.28. The van der Waals surface area contributed by atoms with Crippen LogP contribution in [0.2, 0.25) is 0 Å². The van der Waals surface area contributed by atoms with E-state index < -0.39 is 0 Å². The van der Waals surface area contributed by atoms with Gasteiger partial charge in [0.05, 0.1) is 17.6 Å². The fourth-order valence-electron chi connectivity index (χ4n) is 2.06. The molecule has 0 aliphatic carbocycles. The number of rotatable bonds is 6. The molecule has 4 nitrogen and oxygen atoms in total. The summed E-state index contributed by atoms with van der Waals surface area (Å²) in [6.45, 7) is 1.69. The summed E-state index contributed by atoms with van der Waals surface area (Å²) in [6.07, 6.45) is 1.30. The lowest BCUT2D eigenvalue weighted by Gasteiger charge is -2.09. The van der Waals surface area contributed by atoms with Crippen LogP contribution in [-0.4, -0.2) is 43.0 Å². The normalized spacial score (nSPS) is 10.9. The fourth-order valence-corrected chi connectivity index (χ4v) is 2.06. The third kappa shape index (κ3) is 4.31. The molecular weight excluding hydrogens is 250 g/mol. The van der Waals surface area contributed by atoms with E-state index in [1.165, 1.54) is 0 Å². The van der Waals surface area contributed by atoms with Crippen molar-refractivity contribution in [2.24, 2.45) is 0 Å². The molecule has 0 aliphatic heterocycles. The van der Waals surface area contributed by atoms with E-state index in [1.54, 1.807) is 0 Å². The predicted molar refractivity (Wildman–Crippen MR) is 81.6 cm³/mol. The molecule has 1 heterocycles. The summed E-state index contributed by atoms with van der Waals surface area (Å²) >= 11 is 0. The van der Waals surface area contributed by atoms with E-state index in [2.05, 4.69) is 15.2 Å². The molecular formula is C16H21N3O. The molecule has 0 radical (unpaired) electrons. The number of fused-ring (bicyclic) bond motifs is 1. The predicted octanol–water partition coefficient (Wildman–Crippen LogP) is 1.85. The third-order valence-corrected chi connectivity index (χ3v) is 3.10. The van der Waals surface area contributed by atoms with Crippen LogP contribution in [-0.2, 0) is 11.2 Å². The topological polar surface area (TPSA) is 45.2 Å². The van der Waals surface area contributed by atoms with Crippen LogP contribution < -0.4 is 5.32 Å². The smallest absolute Gasteiger partial charge is 0.226 e. The maximum absolute atomic E-state index is 11.8. The molecule has 0 fully saturated rings. The van der Waals surface area contributed by atoms with Crippen molar-refractivity contribution < 1.29 is 4.79 Å². The first-order chi connectivity index (χ1) is 9.65. The Morgan fingerprint density at radius 2 is 2.00 bits per heavy atom. The minimum atomic E-state index is 0.0338. The van der Waals surface area contributed by atoms with Crippen molar-refractivity contribution in [2.45, 2.75) is 12.8 Å². The monoisotopic (exact) mass is 271 g/mol. The number of nitrogens with one attached hydrogen (secondary N) is 1. The van der Waals surface area contributed by atoms with Crippen molar-refractivity contribution in [1.29, 1.82) is 0 Å². The van der Waals surface area contributed by atoms with Crippen LogP contribution in [0.15, 0.2) is 36.4 Å². The summed E-state index contributed by atoms with van der Waals surface area (Å²) in [5, 5.41) is 4.03. The van der Waals surface area contributed by atoms with Crippen molar-refractivity contribution >= 4 is 16.8 Å². The number of nitrogens with zero attached hydrogens (tertiary/aromatic N) is 2. The number of carbonyl (C=O) groups is 1. The van der Waals surface area contributed by atoms with Gasteiger partial charge in [-0.25, -0.2) is 0 Å². The lowest BCUT2D eigenvalue weighted by molar-refractivity contribution is -0.120. The number of benzene rings is 1. The highest BCUT2D eigenvalue weighted by Crippen LogP contribution is 2.11. The van der Waals surface area contributed by atoms with E-state index in [9.17, 15) is 4.79 Å². The Labute approximate surface area is 119 Å². The molecule has 0 unspecified atom stereocenters. The molecule has 0 saturated heterocycles. The Bertz CT molecular complexity index is 581. The van der Waals surface area contributed by atoms with Crippen molar-refractivity contribution in [3.63, 3.8) is 0 Å². The van der Waals surface area contributed by atoms with Gasteiger partial charge in [-0.05, 0) is 39.2 Å². The maximum atomic E-state index is 11.8. The average molecular weight is 271 g/mol. The zero-order valence-electron chi connectivity index (χ0n) is 12.1. The van der Waals surface area contributed by atoms with E-state index in [1.807, 2.05) is 50.5 Å². The van der Waals surface area contributed by atoms with Crippen molar-refractivity contribution in [3.8, 4) is 0 Å². The standard InChI is InChI=1S/C16H21N3O/c1-19(2)11-5-10-17-16(20)12-14-9-8-13-6-3-4-7-15(13)18-14/h3-4,6-9H,5,10-12H2,1-2H3,(H,17,20). The van der Waals surface area contributed by atoms with Crippen LogP contribution in [0.3, 0.4) is 0 Å². The quantitative estimate of drug-likeness (QED) is 0.816. The zero-order valence-corrected chi connectivity index (χ0v) is 12.1. The molecule has 2 rings (SSSR count). The minimum absolute atomic E-state index is 0.0338. The Morgan fingerprint density at radius 1 is 1.20 bits per heavy atom. The largest absolute Gasteiger partial charge is 0.356 e. The molecule has 0 atom stereocenters. The molecule has 1 aromatic heterocycles. The van der Waals surface area contributed by atoms with Crippen molar-refractivity contribution in [3.05, 3.63) is 42.1 Å². The molecule has 0 aliphatic rings. The van der Waals surface area contributed by atoms with Crippen molar-refractivity contribution in [2.75, 3.05) is 27.2 Å². The Kier molecular flexibility index (Phi) is 5.07. The number of hydrogen-bond donors (Lipinski definition) is 1. The first-order valence-electron chi connectivity index (χ1n) is 6.91. The maximum Gasteiger partial charge on any atom is 0.226 e. The summed E-state index contributed by atoms with van der Waals surface area (Å²) in [5.74, 6) is 0.0338. The second kappa shape index (κ2) is 7.01. The van der Waals surface area contributed by atoms with Crippen LogP contribution in [0.5, 0.6) is 0 Å². The van der Waals surface area contributed by atoms with Gasteiger partial charge >= 0.3 is 0 Å². The molecule has 1 amide bonds. The molecule has 0 saturated carbocycles. The van der Waals surface area contributed by atoms with Crippen molar-refractivity contribution in [1.82, 2.24) is 15.2 Å². The molecule has 1 aromatic carbocycles. The van der Waals surface area contributed by atoms with E-state index in [-0.39, 0.29) is 5.91 Å². The van der Waals surface area contributed by atoms with Gasteiger partial charge in [0.15, 0.2) is 0 Å². The number of hydrogen-bond acceptors (Lipinski definition) is 3. The molecule has 1 N–H and O–H groups in total.